The predicted octanol–water partition coefficient (Wildman–Crippen LogP) is 4.24. The van der Waals surface area contributed by atoms with Crippen LogP contribution < -0.4 is 10.2 Å². The second-order valence-electron chi connectivity index (χ2n) is 6.58. The lowest BCUT2D eigenvalue weighted by atomic mass is 9.99. The molecule has 1 aromatic rings. The molecule has 0 saturated heterocycles. The largest absolute Gasteiger partial charge is 0.356 e. The monoisotopic (exact) mass is 362 g/mol. The number of hydrogen-bond acceptors (Lipinski definition) is 3. The molecule has 0 aliphatic carbocycles. The molecule has 1 aromatic carbocycles. The zero-order valence-corrected chi connectivity index (χ0v) is 16.2. The topological polar surface area (TPSA) is 49.4 Å². The van der Waals surface area contributed by atoms with Crippen molar-refractivity contribution in [2.75, 3.05) is 23.7 Å². The van der Waals surface area contributed by atoms with Crippen molar-refractivity contribution in [1.29, 1.82) is 0 Å². The molecule has 0 bridgehead atoms. The summed E-state index contributed by atoms with van der Waals surface area (Å²) in [6.07, 6.45) is 5.19. The van der Waals surface area contributed by atoms with Gasteiger partial charge in [0.25, 0.3) is 0 Å². The number of hydrogen-bond donors (Lipinski definition) is 1. The molecule has 1 unspecified atom stereocenters. The first-order valence-electron chi connectivity index (χ1n) is 9.44. The molecule has 138 valence electrons. The Morgan fingerprint density at radius 1 is 1.24 bits per heavy atom. The number of fused-ring (bicyclic) bond motifs is 1. The minimum Gasteiger partial charge on any atom is -0.356 e. The molecule has 0 fully saturated rings. The van der Waals surface area contributed by atoms with Crippen molar-refractivity contribution in [3.8, 4) is 0 Å². The molecule has 1 heterocycles. The Balaban J connectivity index is 1.77. The van der Waals surface area contributed by atoms with Crippen LogP contribution in [0.1, 0.15) is 52.4 Å². The van der Waals surface area contributed by atoms with Crippen LogP contribution in [0.15, 0.2) is 29.2 Å². The minimum absolute atomic E-state index is 0.0111. The number of carbonyl (C=O) groups excluding carboxylic acids is 2. The lowest BCUT2D eigenvalue weighted by Gasteiger charge is -2.29. The number of unbranched alkanes of at least 4 members (excludes halogenated alkanes) is 1. The van der Waals surface area contributed by atoms with Crippen LogP contribution in [0.2, 0.25) is 0 Å². The van der Waals surface area contributed by atoms with E-state index in [-0.39, 0.29) is 24.7 Å². The van der Waals surface area contributed by atoms with E-state index in [0.717, 1.165) is 42.3 Å². The van der Waals surface area contributed by atoms with Crippen molar-refractivity contribution in [3.05, 3.63) is 24.3 Å². The van der Waals surface area contributed by atoms with Crippen molar-refractivity contribution < 1.29 is 9.59 Å². The molecular formula is C20H30N2O2S. The fourth-order valence-corrected chi connectivity index (χ4v) is 4.07. The maximum atomic E-state index is 12.5. The molecular weight excluding hydrogens is 332 g/mol. The molecule has 2 amide bonds. The first-order valence-corrected chi connectivity index (χ1v) is 10.4. The zero-order chi connectivity index (χ0) is 18.1. The van der Waals surface area contributed by atoms with Gasteiger partial charge in [0.15, 0.2) is 0 Å². The lowest BCUT2D eigenvalue weighted by molar-refractivity contribution is -0.125. The Labute approximate surface area is 155 Å². The van der Waals surface area contributed by atoms with Crippen molar-refractivity contribution in [2.45, 2.75) is 57.3 Å². The van der Waals surface area contributed by atoms with Gasteiger partial charge in [-0.15, -0.1) is 11.8 Å². The van der Waals surface area contributed by atoms with Crippen molar-refractivity contribution in [3.63, 3.8) is 0 Å². The van der Waals surface area contributed by atoms with Gasteiger partial charge in [-0.05, 0) is 24.5 Å². The highest BCUT2D eigenvalue weighted by molar-refractivity contribution is 7.99. The average Bonchev–Trinajstić information content (AvgIpc) is 2.65. The van der Waals surface area contributed by atoms with Crippen LogP contribution in [-0.4, -0.2) is 30.7 Å². The molecule has 1 N–H and O–H groups in total. The molecule has 4 nitrogen and oxygen atoms in total. The van der Waals surface area contributed by atoms with E-state index in [1.807, 2.05) is 29.2 Å². The van der Waals surface area contributed by atoms with E-state index in [0.29, 0.717) is 5.92 Å². The van der Waals surface area contributed by atoms with Gasteiger partial charge in [-0.3, -0.25) is 9.59 Å². The van der Waals surface area contributed by atoms with Crippen molar-refractivity contribution in [2.24, 2.45) is 5.92 Å². The quantitative estimate of drug-likeness (QED) is 0.715. The van der Waals surface area contributed by atoms with Crippen LogP contribution in [0.4, 0.5) is 5.69 Å². The van der Waals surface area contributed by atoms with E-state index in [2.05, 4.69) is 19.2 Å². The fraction of sp³-hybridized carbons (Fsp3) is 0.600. The number of nitrogens with zero attached hydrogens (tertiary/aromatic N) is 1. The molecule has 5 heteroatoms. The van der Waals surface area contributed by atoms with Gasteiger partial charge in [-0.1, -0.05) is 45.2 Å². The molecule has 0 saturated carbocycles. The van der Waals surface area contributed by atoms with Crippen LogP contribution in [0, 0.1) is 5.92 Å². The van der Waals surface area contributed by atoms with Gasteiger partial charge in [0.1, 0.15) is 0 Å². The van der Waals surface area contributed by atoms with E-state index in [1.54, 1.807) is 11.8 Å². The third kappa shape index (κ3) is 6.07. The first kappa shape index (κ1) is 19.8. The lowest BCUT2D eigenvalue weighted by Crippen LogP contribution is -2.36. The van der Waals surface area contributed by atoms with Gasteiger partial charge in [0.05, 0.1) is 5.69 Å². The van der Waals surface area contributed by atoms with E-state index < -0.39 is 0 Å². The van der Waals surface area contributed by atoms with Crippen molar-refractivity contribution in [1.82, 2.24) is 5.32 Å². The van der Waals surface area contributed by atoms with Gasteiger partial charge in [-0.2, -0.15) is 0 Å². The van der Waals surface area contributed by atoms with Crippen LogP contribution in [0.3, 0.4) is 0 Å². The summed E-state index contributed by atoms with van der Waals surface area (Å²) in [4.78, 5) is 27.6. The molecule has 0 aromatic heterocycles. The van der Waals surface area contributed by atoms with E-state index in [9.17, 15) is 9.59 Å². The highest BCUT2D eigenvalue weighted by atomic mass is 32.2. The Kier molecular flexibility index (Phi) is 8.32. The Morgan fingerprint density at radius 2 is 2.04 bits per heavy atom. The van der Waals surface area contributed by atoms with E-state index in [1.165, 1.54) is 12.8 Å². The Bertz CT molecular complexity index is 577. The standard InChI is InChI=1S/C20H30N2O2S/c1-3-5-8-16(4-2)15-21-19(23)11-12-20(24)22-13-14-25-18-10-7-6-9-17(18)22/h6-7,9-10,16H,3-5,8,11-15H2,1-2H3,(H,21,23). The molecule has 1 atom stereocenters. The molecule has 1 aliphatic rings. The number of thioether (sulfide) groups is 1. The van der Waals surface area contributed by atoms with Crippen LogP contribution in [0.5, 0.6) is 0 Å². The third-order valence-corrected chi connectivity index (χ3v) is 5.77. The molecule has 25 heavy (non-hydrogen) atoms. The van der Waals surface area contributed by atoms with Gasteiger partial charge < -0.3 is 10.2 Å². The number of anilines is 1. The van der Waals surface area contributed by atoms with Crippen LogP contribution in [-0.2, 0) is 9.59 Å². The minimum atomic E-state index is -0.0111. The van der Waals surface area contributed by atoms with Gasteiger partial charge in [0.2, 0.25) is 11.8 Å². The van der Waals surface area contributed by atoms with Gasteiger partial charge in [0, 0.05) is 36.6 Å². The normalized spacial score (nSPS) is 14.7. The summed E-state index contributed by atoms with van der Waals surface area (Å²) in [6.45, 7) is 5.81. The SMILES string of the molecule is CCCCC(CC)CNC(=O)CCC(=O)N1CCSc2ccccc21. The Hall–Kier alpha value is -1.49. The second-order valence-corrected chi connectivity index (χ2v) is 7.72. The average molecular weight is 363 g/mol. The number of carbonyl (C=O) groups is 2. The summed E-state index contributed by atoms with van der Waals surface area (Å²) in [5.41, 5.74) is 0.981. The van der Waals surface area contributed by atoms with Gasteiger partial charge >= 0.3 is 0 Å². The zero-order valence-electron chi connectivity index (χ0n) is 15.4. The number of amides is 2. The van der Waals surface area contributed by atoms with Crippen LogP contribution in [0.25, 0.3) is 0 Å². The molecule has 0 radical (unpaired) electrons. The summed E-state index contributed by atoms with van der Waals surface area (Å²) in [5, 5.41) is 3.01. The summed E-state index contributed by atoms with van der Waals surface area (Å²) in [5.74, 6) is 1.49. The summed E-state index contributed by atoms with van der Waals surface area (Å²) in [6, 6.07) is 7.99. The number of para-hydroxylation sites is 1. The predicted molar refractivity (Wildman–Crippen MR) is 105 cm³/mol. The van der Waals surface area contributed by atoms with Crippen molar-refractivity contribution >= 4 is 29.3 Å². The second kappa shape index (κ2) is 10.5. The van der Waals surface area contributed by atoms with Gasteiger partial charge in [-0.25, -0.2) is 0 Å². The first-order chi connectivity index (χ1) is 12.2. The summed E-state index contributed by atoms with van der Waals surface area (Å²) >= 11 is 1.78. The Morgan fingerprint density at radius 3 is 2.80 bits per heavy atom. The number of rotatable bonds is 9. The molecule has 1 aliphatic heterocycles. The highest BCUT2D eigenvalue weighted by Gasteiger charge is 2.22. The smallest absolute Gasteiger partial charge is 0.227 e. The highest BCUT2D eigenvalue weighted by Crippen LogP contribution is 2.34. The van der Waals surface area contributed by atoms with Crippen LogP contribution >= 0.6 is 11.8 Å². The summed E-state index contributed by atoms with van der Waals surface area (Å²) < 4.78 is 0. The molecule has 2 rings (SSSR count). The number of benzene rings is 1. The molecule has 0 spiro atoms. The summed E-state index contributed by atoms with van der Waals surface area (Å²) in [7, 11) is 0. The number of nitrogens with one attached hydrogen (secondary N) is 1. The van der Waals surface area contributed by atoms with E-state index in [4.69, 9.17) is 0 Å². The third-order valence-electron chi connectivity index (χ3n) is 4.73. The maximum Gasteiger partial charge on any atom is 0.227 e. The van der Waals surface area contributed by atoms with E-state index >= 15 is 0 Å². The fourth-order valence-electron chi connectivity index (χ4n) is 3.07. The maximum absolute atomic E-state index is 12.5.